The molecule has 0 spiro atoms. The van der Waals surface area contributed by atoms with Crippen LogP contribution in [0.2, 0.25) is 0 Å². The predicted octanol–water partition coefficient (Wildman–Crippen LogP) is 3.24. The van der Waals surface area contributed by atoms with E-state index >= 15 is 0 Å². The zero-order valence-electron chi connectivity index (χ0n) is 18.0. The Hall–Kier alpha value is -3.61. The maximum absolute atomic E-state index is 12.1. The maximum atomic E-state index is 12.1. The highest BCUT2D eigenvalue weighted by Crippen LogP contribution is 2.21. The topological polar surface area (TPSA) is 82.5 Å². The first-order valence-corrected chi connectivity index (χ1v) is 10.2. The third kappa shape index (κ3) is 6.18. The van der Waals surface area contributed by atoms with Crippen LogP contribution in [0.15, 0.2) is 65.5 Å². The Bertz CT molecular complexity index is 1070. The molecule has 1 N–H and O–H groups in total. The number of aromatic nitrogens is 2. The monoisotopic (exact) mass is 421 g/mol. The van der Waals surface area contributed by atoms with Crippen molar-refractivity contribution in [2.45, 2.75) is 26.3 Å². The van der Waals surface area contributed by atoms with Crippen LogP contribution in [-0.2, 0) is 11.3 Å². The summed E-state index contributed by atoms with van der Waals surface area (Å²) in [4.78, 5) is 24.2. The lowest BCUT2D eigenvalue weighted by atomic mass is 10.0. The summed E-state index contributed by atoms with van der Waals surface area (Å²) in [6.45, 7) is 4.67. The second-order valence-corrected chi connectivity index (χ2v) is 7.37. The van der Waals surface area contributed by atoms with E-state index in [1.54, 1.807) is 13.2 Å². The molecule has 3 aromatic rings. The van der Waals surface area contributed by atoms with Gasteiger partial charge in [0.25, 0.3) is 11.5 Å². The van der Waals surface area contributed by atoms with Gasteiger partial charge in [0, 0.05) is 18.2 Å². The number of ether oxygens (including phenoxy) is 2. The number of rotatable bonds is 9. The van der Waals surface area contributed by atoms with Crippen LogP contribution in [0.4, 0.5) is 0 Å². The number of carbonyl (C=O) groups excluding carboxylic acids is 1. The van der Waals surface area contributed by atoms with Crippen LogP contribution in [0.3, 0.4) is 0 Å². The van der Waals surface area contributed by atoms with E-state index in [0.29, 0.717) is 23.1 Å². The molecule has 0 fully saturated rings. The molecule has 0 saturated carbocycles. The minimum Gasteiger partial charge on any atom is -0.497 e. The van der Waals surface area contributed by atoms with Gasteiger partial charge in [-0.25, -0.2) is 4.68 Å². The minimum absolute atomic E-state index is 0.0901. The van der Waals surface area contributed by atoms with Crippen LogP contribution in [0.5, 0.6) is 11.5 Å². The number of benzene rings is 2. The van der Waals surface area contributed by atoms with Gasteiger partial charge in [0.05, 0.1) is 19.3 Å². The number of carbonyl (C=O) groups is 1. The van der Waals surface area contributed by atoms with E-state index in [4.69, 9.17) is 9.47 Å². The molecule has 1 aromatic heterocycles. The van der Waals surface area contributed by atoms with E-state index in [-0.39, 0.29) is 31.2 Å². The van der Waals surface area contributed by atoms with Crippen molar-refractivity contribution < 1.29 is 14.3 Å². The van der Waals surface area contributed by atoms with Gasteiger partial charge in [-0.2, -0.15) is 5.10 Å². The van der Waals surface area contributed by atoms with E-state index in [2.05, 4.69) is 24.3 Å². The molecule has 7 heteroatoms. The molecule has 1 amide bonds. The van der Waals surface area contributed by atoms with Crippen molar-refractivity contribution >= 4 is 5.91 Å². The highest BCUT2D eigenvalue weighted by atomic mass is 16.5. The molecule has 0 radical (unpaired) electrons. The fourth-order valence-electron chi connectivity index (χ4n) is 3.00. The summed E-state index contributed by atoms with van der Waals surface area (Å²) in [6, 6.07) is 18.3. The lowest BCUT2D eigenvalue weighted by Gasteiger charge is -2.10. The van der Waals surface area contributed by atoms with Gasteiger partial charge in [-0.3, -0.25) is 9.59 Å². The first kappa shape index (κ1) is 22.1. The molecule has 162 valence electrons. The number of nitrogens with one attached hydrogen (secondary N) is 1. The highest BCUT2D eigenvalue weighted by molar-refractivity contribution is 5.77. The van der Waals surface area contributed by atoms with Gasteiger partial charge in [0.15, 0.2) is 6.61 Å². The molecule has 3 rings (SSSR count). The SMILES string of the molecule is COc1cccc(-c2ccc(=O)n(CCNC(=O)COc3ccc(C(C)C)cc3)n2)c1. The Morgan fingerprint density at radius 3 is 2.55 bits per heavy atom. The standard InChI is InChI=1S/C24H27N3O4/c1-17(2)18-7-9-20(10-8-18)31-16-23(28)25-13-14-27-24(29)12-11-22(26-27)19-5-4-6-21(15-19)30-3/h4-12,15,17H,13-14,16H2,1-3H3,(H,25,28). The second kappa shape index (κ2) is 10.4. The number of amides is 1. The molecule has 0 aliphatic heterocycles. The second-order valence-electron chi connectivity index (χ2n) is 7.37. The summed E-state index contributed by atoms with van der Waals surface area (Å²) in [5.41, 5.74) is 2.47. The first-order chi connectivity index (χ1) is 15.0. The fraction of sp³-hybridized carbons (Fsp3) is 0.292. The normalized spacial score (nSPS) is 10.7. The first-order valence-electron chi connectivity index (χ1n) is 10.2. The van der Waals surface area contributed by atoms with Gasteiger partial charge < -0.3 is 14.8 Å². The molecule has 0 aliphatic carbocycles. The quantitative estimate of drug-likeness (QED) is 0.574. The summed E-state index contributed by atoms with van der Waals surface area (Å²) in [5, 5.41) is 7.15. The Kier molecular flexibility index (Phi) is 7.43. The van der Waals surface area contributed by atoms with Gasteiger partial charge in [-0.15, -0.1) is 0 Å². The number of nitrogens with zero attached hydrogens (tertiary/aromatic N) is 2. The number of hydrogen-bond acceptors (Lipinski definition) is 5. The third-order valence-electron chi connectivity index (χ3n) is 4.79. The Morgan fingerprint density at radius 1 is 1.06 bits per heavy atom. The number of hydrogen-bond donors (Lipinski definition) is 1. The largest absolute Gasteiger partial charge is 0.497 e. The van der Waals surface area contributed by atoms with Crippen molar-refractivity contribution in [3.8, 4) is 22.8 Å². The third-order valence-corrected chi connectivity index (χ3v) is 4.79. The van der Waals surface area contributed by atoms with Crippen molar-refractivity contribution in [1.29, 1.82) is 0 Å². The van der Waals surface area contributed by atoms with E-state index in [1.807, 2.05) is 48.5 Å². The van der Waals surface area contributed by atoms with Gasteiger partial charge in [-0.05, 0) is 41.8 Å². The van der Waals surface area contributed by atoms with Gasteiger partial charge >= 0.3 is 0 Å². The summed E-state index contributed by atoms with van der Waals surface area (Å²) in [7, 11) is 1.60. The van der Waals surface area contributed by atoms with E-state index in [1.165, 1.54) is 16.3 Å². The Morgan fingerprint density at radius 2 is 1.84 bits per heavy atom. The summed E-state index contributed by atoms with van der Waals surface area (Å²) in [5.74, 6) is 1.54. The molecule has 0 bridgehead atoms. The molecule has 0 aliphatic rings. The number of methoxy groups -OCH3 is 1. The van der Waals surface area contributed by atoms with E-state index in [0.717, 1.165) is 5.56 Å². The molecule has 1 heterocycles. The van der Waals surface area contributed by atoms with Crippen LogP contribution in [0.1, 0.15) is 25.3 Å². The molecule has 0 unspecified atom stereocenters. The van der Waals surface area contributed by atoms with Crippen molar-refractivity contribution in [2.24, 2.45) is 0 Å². The molecular weight excluding hydrogens is 394 g/mol. The van der Waals surface area contributed by atoms with Gasteiger partial charge in [0.1, 0.15) is 11.5 Å². The van der Waals surface area contributed by atoms with Crippen molar-refractivity contribution in [2.75, 3.05) is 20.3 Å². The zero-order chi connectivity index (χ0) is 22.2. The molecule has 0 saturated heterocycles. The maximum Gasteiger partial charge on any atom is 0.266 e. The van der Waals surface area contributed by atoms with Crippen LogP contribution in [0.25, 0.3) is 11.3 Å². The molecule has 2 aromatic carbocycles. The lowest BCUT2D eigenvalue weighted by Crippen LogP contribution is -2.34. The lowest BCUT2D eigenvalue weighted by molar-refractivity contribution is -0.123. The van der Waals surface area contributed by atoms with Crippen LogP contribution in [0, 0.1) is 0 Å². The van der Waals surface area contributed by atoms with Crippen molar-refractivity contribution in [3.63, 3.8) is 0 Å². The van der Waals surface area contributed by atoms with Gasteiger partial charge in [-0.1, -0.05) is 38.1 Å². The minimum atomic E-state index is -0.259. The van der Waals surface area contributed by atoms with Crippen LogP contribution < -0.4 is 20.3 Å². The highest BCUT2D eigenvalue weighted by Gasteiger charge is 2.07. The fourth-order valence-corrected chi connectivity index (χ4v) is 3.00. The molecule has 0 atom stereocenters. The summed E-state index contributed by atoms with van der Waals surface area (Å²) < 4.78 is 12.1. The smallest absolute Gasteiger partial charge is 0.266 e. The summed E-state index contributed by atoms with van der Waals surface area (Å²) >= 11 is 0. The zero-order valence-corrected chi connectivity index (χ0v) is 18.0. The predicted molar refractivity (Wildman–Crippen MR) is 120 cm³/mol. The molecule has 7 nitrogen and oxygen atoms in total. The van der Waals surface area contributed by atoms with E-state index < -0.39 is 0 Å². The van der Waals surface area contributed by atoms with Gasteiger partial charge in [0.2, 0.25) is 0 Å². The Labute approximate surface area is 181 Å². The Balaban J connectivity index is 1.52. The summed E-state index contributed by atoms with van der Waals surface area (Å²) in [6.07, 6.45) is 0. The van der Waals surface area contributed by atoms with Crippen LogP contribution >= 0.6 is 0 Å². The van der Waals surface area contributed by atoms with E-state index in [9.17, 15) is 9.59 Å². The van der Waals surface area contributed by atoms with Crippen molar-refractivity contribution in [1.82, 2.24) is 15.1 Å². The molecular formula is C24H27N3O4. The average molecular weight is 421 g/mol. The van der Waals surface area contributed by atoms with Crippen LogP contribution in [-0.4, -0.2) is 35.9 Å². The molecule has 31 heavy (non-hydrogen) atoms. The van der Waals surface area contributed by atoms with Crippen molar-refractivity contribution in [3.05, 3.63) is 76.6 Å². The average Bonchev–Trinajstić information content (AvgIpc) is 2.79.